The quantitative estimate of drug-likeness (QED) is 0.733. The minimum atomic E-state index is -0.120. The summed E-state index contributed by atoms with van der Waals surface area (Å²) in [5, 5.41) is 12.7. The Hall–Kier alpha value is -1.39. The van der Waals surface area contributed by atoms with E-state index in [1.165, 1.54) is 25.5 Å². The van der Waals surface area contributed by atoms with E-state index in [9.17, 15) is 4.79 Å². The highest BCUT2D eigenvalue weighted by Crippen LogP contribution is 2.17. The highest BCUT2D eigenvalue weighted by Gasteiger charge is 2.17. The summed E-state index contributed by atoms with van der Waals surface area (Å²) in [6.45, 7) is 0. The molecule has 5 heteroatoms. The summed E-state index contributed by atoms with van der Waals surface area (Å²) < 4.78 is 0. The lowest BCUT2D eigenvalue weighted by Gasteiger charge is -2.22. The van der Waals surface area contributed by atoms with Gasteiger partial charge in [0.25, 0.3) is 5.91 Å². The Morgan fingerprint density at radius 1 is 1.43 bits per heavy atom. The number of H-pyrrole nitrogens is 1. The summed E-state index contributed by atoms with van der Waals surface area (Å²) >= 11 is 0. The van der Waals surface area contributed by atoms with Crippen molar-refractivity contribution < 1.29 is 4.79 Å². The number of carbonyl (C=O) groups excluding carboxylic acids is 1. The third-order valence-corrected chi connectivity index (χ3v) is 2.59. The molecule has 1 aliphatic carbocycles. The van der Waals surface area contributed by atoms with E-state index in [1.807, 2.05) is 0 Å². The standard InChI is InChI=1S/C9H14N4O/c14-9(8-6-10-13-12-8)11-7-4-2-1-3-5-7/h6-7H,1-5H2,(H,11,14)(H,10,12,13). The van der Waals surface area contributed by atoms with E-state index in [2.05, 4.69) is 20.7 Å². The molecule has 1 amide bonds. The first-order chi connectivity index (χ1) is 6.86. The van der Waals surface area contributed by atoms with E-state index in [-0.39, 0.29) is 5.91 Å². The second-order valence-corrected chi connectivity index (χ2v) is 3.66. The number of hydrogen-bond donors (Lipinski definition) is 2. The summed E-state index contributed by atoms with van der Waals surface area (Å²) in [6, 6.07) is 0.327. The van der Waals surface area contributed by atoms with Gasteiger partial charge in [0, 0.05) is 6.04 Å². The van der Waals surface area contributed by atoms with Gasteiger partial charge in [-0.25, -0.2) is 0 Å². The molecule has 2 N–H and O–H groups in total. The fourth-order valence-electron chi connectivity index (χ4n) is 1.82. The molecule has 1 aromatic heterocycles. The van der Waals surface area contributed by atoms with Crippen LogP contribution in [0.3, 0.4) is 0 Å². The van der Waals surface area contributed by atoms with Crippen molar-refractivity contribution in [2.24, 2.45) is 0 Å². The fraction of sp³-hybridized carbons (Fsp3) is 0.667. The van der Waals surface area contributed by atoms with Crippen molar-refractivity contribution in [2.45, 2.75) is 38.1 Å². The summed E-state index contributed by atoms with van der Waals surface area (Å²) in [5.74, 6) is -0.120. The van der Waals surface area contributed by atoms with Crippen LogP contribution < -0.4 is 5.32 Å². The van der Waals surface area contributed by atoms with Crippen molar-refractivity contribution >= 4 is 5.91 Å². The number of aromatic nitrogens is 3. The van der Waals surface area contributed by atoms with Crippen LogP contribution in [-0.2, 0) is 0 Å². The Bertz CT molecular complexity index is 290. The lowest BCUT2D eigenvalue weighted by atomic mass is 9.95. The Balaban J connectivity index is 1.87. The van der Waals surface area contributed by atoms with Crippen LogP contribution in [0.1, 0.15) is 42.6 Å². The van der Waals surface area contributed by atoms with Gasteiger partial charge < -0.3 is 5.32 Å². The third kappa shape index (κ3) is 2.10. The van der Waals surface area contributed by atoms with Crippen LogP contribution in [-0.4, -0.2) is 27.4 Å². The van der Waals surface area contributed by atoms with Crippen molar-refractivity contribution in [1.29, 1.82) is 0 Å². The van der Waals surface area contributed by atoms with Gasteiger partial charge in [-0.3, -0.25) is 4.79 Å². The first kappa shape index (κ1) is 9.18. The van der Waals surface area contributed by atoms with Crippen LogP contribution in [0.2, 0.25) is 0 Å². The molecule has 0 atom stereocenters. The maximum absolute atomic E-state index is 11.5. The van der Waals surface area contributed by atoms with Crippen molar-refractivity contribution in [3.63, 3.8) is 0 Å². The van der Waals surface area contributed by atoms with E-state index < -0.39 is 0 Å². The maximum atomic E-state index is 11.5. The van der Waals surface area contributed by atoms with Crippen LogP contribution in [0.25, 0.3) is 0 Å². The molecule has 0 bridgehead atoms. The SMILES string of the molecule is O=C(NC1CCCCC1)c1cn[nH]n1. The molecular weight excluding hydrogens is 180 g/mol. The second-order valence-electron chi connectivity index (χ2n) is 3.66. The number of amides is 1. The summed E-state index contributed by atoms with van der Waals surface area (Å²) in [5.41, 5.74) is 0.371. The molecular formula is C9H14N4O. The summed E-state index contributed by atoms with van der Waals surface area (Å²) in [7, 11) is 0. The number of nitrogens with one attached hydrogen (secondary N) is 2. The fourth-order valence-corrected chi connectivity index (χ4v) is 1.82. The van der Waals surface area contributed by atoms with E-state index >= 15 is 0 Å². The lowest BCUT2D eigenvalue weighted by molar-refractivity contribution is 0.0922. The second kappa shape index (κ2) is 4.21. The smallest absolute Gasteiger partial charge is 0.273 e. The van der Waals surface area contributed by atoms with Gasteiger partial charge in [-0.1, -0.05) is 19.3 Å². The van der Waals surface area contributed by atoms with Gasteiger partial charge in [-0.15, -0.1) is 0 Å². The molecule has 0 saturated heterocycles. The molecule has 14 heavy (non-hydrogen) atoms. The summed E-state index contributed by atoms with van der Waals surface area (Å²) in [6.07, 6.45) is 7.33. The zero-order valence-corrected chi connectivity index (χ0v) is 7.99. The van der Waals surface area contributed by atoms with Gasteiger partial charge in [0.2, 0.25) is 0 Å². The van der Waals surface area contributed by atoms with Crippen LogP contribution >= 0.6 is 0 Å². The minimum absolute atomic E-state index is 0.120. The number of rotatable bonds is 2. The molecule has 0 spiro atoms. The molecule has 1 aromatic rings. The Labute approximate surface area is 82.3 Å². The van der Waals surface area contributed by atoms with Gasteiger partial charge in [0.15, 0.2) is 5.69 Å². The third-order valence-electron chi connectivity index (χ3n) is 2.59. The molecule has 1 fully saturated rings. The molecule has 0 unspecified atom stereocenters. The molecule has 0 radical (unpaired) electrons. The zero-order chi connectivity index (χ0) is 9.80. The van der Waals surface area contributed by atoms with Crippen LogP contribution in [0.4, 0.5) is 0 Å². The van der Waals surface area contributed by atoms with Crippen molar-refractivity contribution in [2.75, 3.05) is 0 Å². The molecule has 5 nitrogen and oxygen atoms in total. The number of aromatic amines is 1. The normalized spacial score (nSPS) is 18.0. The number of hydrogen-bond acceptors (Lipinski definition) is 3. The van der Waals surface area contributed by atoms with Crippen molar-refractivity contribution in [3.05, 3.63) is 11.9 Å². The predicted octanol–water partition coefficient (Wildman–Crippen LogP) is 0.867. The van der Waals surface area contributed by atoms with Crippen molar-refractivity contribution in [1.82, 2.24) is 20.7 Å². The van der Waals surface area contributed by atoms with E-state index in [0.717, 1.165) is 12.8 Å². The average Bonchev–Trinajstić information content (AvgIpc) is 2.72. The zero-order valence-electron chi connectivity index (χ0n) is 7.99. The van der Waals surface area contributed by atoms with Crippen LogP contribution in [0, 0.1) is 0 Å². The highest BCUT2D eigenvalue weighted by molar-refractivity contribution is 5.91. The molecule has 1 aliphatic rings. The molecule has 1 saturated carbocycles. The molecule has 2 rings (SSSR count). The monoisotopic (exact) mass is 194 g/mol. The topological polar surface area (TPSA) is 70.7 Å². The van der Waals surface area contributed by atoms with Crippen molar-refractivity contribution in [3.8, 4) is 0 Å². The molecule has 0 aromatic carbocycles. The molecule has 76 valence electrons. The summed E-state index contributed by atoms with van der Waals surface area (Å²) in [4.78, 5) is 11.5. The lowest BCUT2D eigenvalue weighted by Crippen LogP contribution is -2.36. The van der Waals surface area contributed by atoms with Crippen LogP contribution in [0.15, 0.2) is 6.20 Å². The van der Waals surface area contributed by atoms with Gasteiger partial charge in [0.05, 0.1) is 6.20 Å². The van der Waals surface area contributed by atoms with E-state index in [4.69, 9.17) is 0 Å². The molecule has 0 aliphatic heterocycles. The van der Waals surface area contributed by atoms with Gasteiger partial charge in [-0.05, 0) is 12.8 Å². The average molecular weight is 194 g/mol. The van der Waals surface area contributed by atoms with Gasteiger partial charge in [0.1, 0.15) is 0 Å². The number of nitrogens with zero attached hydrogens (tertiary/aromatic N) is 2. The first-order valence-corrected chi connectivity index (χ1v) is 5.03. The minimum Gasteiger partial charge on any atom is -0.348 e. The molecule has 1 heterocycles. The Morgan fingerprint density at radius 2 is 2.21 bits per heavy atom. The Morgan fingerprint density at radius 3 is 2.86 bits per heavy atom. The van der Waals surface area contributed by atoms with Gasteiger partial charge >= 0.3 is 0 Å². The van der Waals surface area contributed by atoms with Crippen LogP contribution in [0.5, 0.6) is 0 Å². The van der Waals surface area contributed by atoms with E-state index in [1.54, 1.807) is 0 Å². The van der Waals surface area contributed by atoms with E-state index in [0.29, 0.717) is 11.7 Å². The van der Waals surface area contributed by atoms with Gasteiger partial charge in [-0.2, -0.15) is 15.4 Å². The predicted molar refractivity (Wildman–Crippen MR) is 50.7 cm³/mol. The number of carbonyl (C=O) groups is 1. The Kier molecular flexibility index (Phi) is 2.76. The largest absolute Gasteiger partial charge is 0.348 e. The highest BCUT2D eigenvalue weighted by atomic mass is 16.2. The first-order valence-electron chi connectivity index (χ1n) is 5.03. The maximum Gasteiger partial charge on any atom is 0.273 e.